The molecule has 0 unspecified atom stereocenters. The fourth-order valence-electron chi connectivity index (χ4n) is 1.08. The number of hydrogen-bond acceptors (Lipinski definition) is 6. The van der Waals surface area contributed by atoms with Gasteiger partial charge in [0, 0.05) is 17.3 Å². The number of nitrogens with two attached hydrogens (primary N) is 1. The zero-order valence-electron chi connectivity index (χ0n) is 8.25. The van der Waals surface area contributed by atoms with Crippen molar-refractivity contribution in [2.24, 2.45) is 5.73 Å². The zero-order chi connectivity index (χ0) is 11.4. The van der Waals surface area contributed by atoms with Gasteiger partial charge in [0.2, 0.25) is 5.95 Å². The third-order valence-electron chi connectivity index (χ3n) is 1.81. The van der Waals surface area contributed by atoms with Crippen molar-refractivity contribution in [3.05, 3.63) is 34.5 Å². The van der Waals surface area contributed by atoms with Crippen LogP contribution in [0.15, 0.2) is 24.0 Å². The van der Waals surface area contributed by atoms with Crippen molar-refractivity contribution in [1.29, 1.82) is 0 Å². The van der Waals surface area contributed by atoms with Gasteiger partial charge >= 0.3 is 0 Å². The van der Waals surface area contributed by atoms with Crippen LogP contribution >= 0.6 is 23.6 Å². The van der Waals surface area contributed by atoms with Gasteiger partial charge in [-0.3, -0.25) is 4.98 Å². The highest BCUT2D eigenvalue weighted by Gasteiger charge is 2.01. The van der Waals surface area contributed by atoms with Crippen LogP contribution < -0.4 is 11.1 Å². The number of thiocarbonyl (C=S) groups is 1. The van der Waals surface area contributed by atoms with Gasteiger partial charge < -0.3 is 11.1 Å². The Morgan fingerprint density at radius 1 is 1.56 bits per heavy atom. The van der Waals surface area contributed by atoms with Crippen LogP contribution in [-0.2, 0) is 6.54 Å². The van der Waals surface area contributed by atoms with Crippen molar-refractivity contribution in [2.75, 3.05) is 5.32 Å². The Labute approximate surface area is 102 Å². The smallest absolute Gasteiger partial charge is 0.223 e. The molecule has 0 aliphatic rings. The molecule has 2 heterocycles. The minimum Gasteiger partial charge on any atom is -0.388 e. The van der Waals surface area contributed by atoms with Gasteiger partial charge in [-0.2, -0.15) is 0 Å². The van der Waals surface area contributed by atoms with Gasteiger partial charge in [-0.25, -0.2) is 9.97 Å². The molecular formula is C9H9N5S2. The minimum atomic E-state index is 0.267. The van der Waals surface area contributed by atoms with Crippen LogP contribution in [0.1, 0.15) is 10.6 Å². The number of hydrogen-bond donors (Lipinski definition) is 2. The molecule has 16 heavy (non-hydrogen) atoms. The lowest BCUT2D eigenvalue weighted by molar-refractivity contribution is 1.06. The van der Waals surface area contributed by atoms with Crippen LogP contribution in [-0.4, -0.2) is 19.9 Å². The maximum Gasteiger partial charge on any atom is 0.223 e. The van der Waals surface area contributed by atoms with Gasteiger partial charge in [0.05, 0.1) is 12.1 Å². The van der Waals surface area contributed by atoms with E-state index in [4.69, 9.17) is 18.0 Å². The van der Waals surface area contributed by atoms with Gasteiger partial charge in [0.1, 0.15) is 10.7 Å². The first-order valence-corrected chi connectivity index (χ1v) is 5.78. The number of aromatic nitrogens is 3. The number of rotatable bonds is 4. The zero-order valence-corrected chi connectivity index (χ0v) is 9.88. The molecule has 3 N–H and O–H groups in total. The quantitative estimate of drug-likeness (QED) is 0.795. The third kappa shape index (κ3) is 2.71. The topological polar surface area (TPSA) is 76.7 Å². The molecular weight excluding hydrogens is 242 g/mol. The molecule has 2 rings (SSSR count). The standard InChI is InChI=1S/C9H9N5S2/c10-8(15)7-1-2-12-9(14-7)13-4-6-3-11-5-16-6/h1-3,5H,4H2,(H2,10,15)(H,12,13,14). The molecule has 7 heteroatoms. The highest BCUT2D eigenvalue weighted by atomic mass is 32.1. The van der Waals surface area contributed by atoms with E-state index in [1.165, 1.54) is 0 Å². The maximum absolute atomic E-state index is 5.48. The summed E-state index contributed by atoms with van der Waals surface area (Å²) in [5, 5.41) is 3.08. The number of nitrogens with one attached hydrogen (secondary N) is 1. The second kappa shape index (κ2) is 4.95. The molecule has 0 bridgehead atoms. The van der Waals surface area contributed by atoms with Gasteiger partial charge in [0.25, 0.3) is 0 Å². The average molecular weight is 251 g/mol. The summed E-state index contributed by atoms with van der Waals surface area (Å²) >= 11 is 6.41. The fourth-order valence-corrected chi connectivity index (χ4v) is 1.72. The Morgan fingerprint density at radius 3 is 3.12 bits per heavy atom. The van der Waals surface area contributed by atoms with Crippen molar-refractivity contribution in [3.63, 3.8) is 0 Å². The van der Waals surface area contributed by atoms with Crippen LogP contribution in [0.2, 0.25) is 0 Å². The molecule has 82 valence electrons. The number of thiazole rings is 1. The summed E-state index contributed by atoms with van der Waals surface area (Å²) in [5.41, 5.74) is 7.83. The van der Waals surface area contributed by atoms with E-state index < -0.39 is 0 Å². The summed E-state index contributed by atoms with van der Waals surface area (Å²) < 4.78 is 0. The highest BCUT2D eigenvalue weighted by Crippen LogP contribution is 2.08. The molecule has 0 saturated heterocycles. The first-order chi connectivity index (χ1) is 7.75. The summed E-state index contributed by atoms with van der Waals surface area (Å²) in [7, 11) is 0. The van der Waals surface area contributed by atoms with Crippen molar-refractivity contribution in [1.82, 2.24) is 15.0 Å². The molecule has 2 aromatic rings. The van der Waals surface area contributed by atoms with Crippen LogP contribution in [0.4, 0.5) is 5.95 Å². The van der Waals surface area contributed by atoms with E-state index in [0.717, 1.165) is 4.88 Å². The van der Waals surface area contributed by atoms with Crippen LogP contribution in [0, 0.1) is 0 Å². The molecule has 0 aliphatic carbocycles. The van der Waals surface area contributed by atoms with Gasteiger partial charge in [-0.05, 0) is 6.07 Å². The molecule has 0 spiro atoms. The maximum atomic E-state index is 5.48. The molecule has 0 fully saturated rings. The lowest BCUT2D eigenvalue weighted by Crippen LogP contribution is -2.13. The highest BCUT2D eigenvalue weighted by molar-refractivity contribution is 7.80. The first-order valence-electron chi connectivity index (χ1n) is 4.50. The largest absolute Gasteiger partial charge is 0.388 e. The van der Waals surface area contributed by atoms with Crippen molar-refractivity contribution in [3.8, 4) is 0 Å². The lowest BCUT2D eigenvalue weighted by atomic mass is 10.4. The van der Waals surface area contributed by atoms with E-state index in [1.54, 1.807) is 35.3 Å². The lowest BCUT2D eigenvalue weighted by Gasteiger charge is -2.03. The summed E-state index contributed by atoms with van der Waals surface area (Å²) in [6, 6.07) is 1.68. The Balaban J connectivity index is 2.04. The molecule has 0 amide bonds. The minimum absolute atomic E-state index is 0.267. The van der Waals surface area contributed by atoms with E-state index in [2.05, 4.69) is 20.3 Å². The van der Waals surface area contributed by atoms with E-state index in [9.17, 15) is 0 Å². The molecule has 0 atom stereocenters. The van der Waals surface area contributed by atoms with Crippen LogP contribution in [0.25, 0.3) is 0 Å². The van der Waals surface area contributed by atoms with Gasteiger partial charge in [-0.15, -0.1) is 11.3 Å². The van der Waals surface area contributed by atoms with Crippen LogP contribution in [0.3, 0.4) is 0 Å². The summed E-state index contributed by atoms with van der Waals surface area (Å²) in [5.74, 6) is 0.513. The van der Waals surface area contributed by atoms with E-state index in [0.29, 0.717) is 18.2 Å². The number of nitrogens with zero attached hydrogens (tertiary/aromatic N) is 3. The van der Waals surface area contributed by atoms with Crippen LogP contribution in [0.5, 0.6) is 0 Å². The summed E-state index contributed by atoms with van der Waals surface area (Å²) in [6.45, 7) is 0.644. The summed E-state index contributed by atoms with van der Waals surface area (Å²) in [4.78, 5) is 13.6. The van der Waals surface area contributed by atoms with E-state index in [1.807, 2.05) is 0 Å². The van der Waals surface area contributed by atoms with Crippen molar-refractivity contribution in [2.45, 2.75) is 6.54 Å². The molecule has 0 saturated carbocycles. The fraction of sp³-hybridized carbons (Fsp3) is 0.111. The summed E-state index contributed by atoms with van der Waals surface area (Å²) in [6.07, 6.45) is 3.42. The van der Waals surface area contributed by atoms with Gasteiger partial charge in [-0.1, -0.05) is 12.2 Å². The Morgan fingerprint density at radius 2 is 2.44 bits per heavy atom. The van der Waals surface area contributed by atoms with E-state index in [-0.39, 0.29) is 4.99 Å². The normalized spacial score (nSPS) is 10.0. The average Bonchev–Trinajstić information content (AvgIpc) is 2.79. The predicted octanol–water partition coefficient (Wildman–Crippen LogP) is 1.18. The number of anilines is 1. The first kappa shape index (κ1) is 10.9. The monoisotopic (exact) mass is 251 g/mol. The Bertz CT molecular complexity index is 482. The van der Waals surface area contributed by atoms with Crippen molar-refractivity contribution < 1.29 is 0 Å². The predicted molar refractivity (Wildman–Crippen MR) is 67.4 cm³/mol. The Kier molecular flexibility index (Phi) is 3.37. The second-order valence-electron chi connectivity index (χ2n) is 2.95. The van der Waals surface area contributed by atoms with Crippen molar-refractivity contribution >= 4 is 34.5 Å². The Hall–Kier alpha value is -1.60. The van der Waals surface area contributed by atoms with Gasteiger partial charge in [0.15, 0.2) is 0 Å². The van der Waals surface area contributed by atoms with E-state index >= 15 is 0 Å². The SMILES string of the molecule is NC(=S)c1ccnc(NCc2cncs2)n1. The second-order valence-corrected chi connectivity index (χ2v) is 4.36. The molecule has 0 aliphatic heterocycles. The molecule has 5 nitrogen and oxygen atoms in total. The molecule has 0 radical (unpaired) electrons. The third-order valence-corrected chi connectivity index (χ3v) is 2.80. The molecule has 0 aromatic carbocycles. The molecule has 2 aromatic heterocycles.